The smallest absolute Gasteiger partial charge is 0.264 e. The summed E-state index contributed by atoms with van der Waals surface area (Å²) in [5, 5.41) is 4.37. The molecule has 1 aliphatic rings. The zero-order valence-electron chi connectivity index (χ0n) is 18.0. The van der Waals surface area contributed by atoms with Gasteiger partial charge in [-0.3, -0.25) is 14.2 Å². The number of benzene rings is 2. The second-order valence-corrected chi connectivity index (χ2v) is 8.49. The quantitative estimate of drug-likeness (QED) is 0.397. The molecule has 1 aliphatic carbocycles. The van der Waals surface area contributed by atoms with Crippen LogP contribution in [0.1, 0.15) is 25.7 Å². The molecule has 2 heterocycles. The molecule has 1 fully saturated rings. The van der Waals surface area contributed by atoms with Gasteiger partial charge in [0.2, 0.25) is 5.95 Å². The lowest BCUT2D eigenvalue weighted by atomic mass is 9.94. The molecule has 2 aromatic heterocycles. The van der Waals surface area contributed by atoms with E-state index in [2.05, 4.69) is 15.3 Å². The van der Waals surface area contributed by atoms with E-state index in [0.29, 0.717) is 51.7 Å². The summed E-state index contributed by atoms with van der Waals surface area (Å²) in [5.74, 6) is 0.245. The van der Waals surface area contributed by atoms with E-state index in [0.717, 1.165) is 12.8 Å². The molecule has 0 unspecified atom stereocenters. The molecule has 0 bridgehead atoms. The van der Waals surface area contributed by atoms with Gasteiger partial charge in [-0.2, -0.15) is 4.98 Å². The summed E-state index contributed by atoms with van der Waals surface area (Å²) in [5.41, 5.74) is 1.54. The molecule has 34 heavy (non-hydrogen) atoms. The molecule has 2 aromatic carbocycles. The number of halogens is 3. The van der Waals surface area contributed by atoms with Gasteiger partial charge in [0.05, 0.1) is 5.69 Å². The van der Waals surface area contributed by atoms with E-state index in [1.165, 1.54) is 28.8 Å². The average molecular weight is 499 g/mol. The minimum atomic E-state index is -0.401. The lowest BCUT2D eigenvalue weighted by molar-refractivity contribution is -0.120. The van der Waals surface area contributed by atoms with Crippen LogP contribution in [0.25, 0.3) is 27.8 Å². The number of carbonyl (C=O) groups is 1. The van der Waals surface area contributed by atoms with E-state index in [4.69, 9.17) is 11.6 Å². The molecule has 9 heteroatoms. The Morgan fingerprint density at radius 2 is 1.71 bits per heavy atom. The zero-order chi connectivity index (χ0) is 22.9. The third-order valence-electron chi connectivity index (χ3n) is 5.87. The minimum absolute atomic E-state index is 0. The Labute approximate surface area is 206 Å². The number of nitrogens with one attached hydrogen (secondary N) is 1. The van der Waals surface area contributed by atoms with Crippen molar-refractivity contribution in [2.24, 2.45) is 0 Å². The fourth-order valence-corrected chi connectivity index (χ4v) is 4.37. The fraction of sp³-hybridized carbons (Fsp3) is 0.200. The number of aromatic nitrogens is 3. The molecular formula is C25H21Cl2FN4O2. The summed E-state index contributed by atoms with van der Waals surface area (Å²) in [7, 11) is 0. The molecule has 0 saturated heterocycles. The fourth-order valence-electron chi connectivity index (χ4n) is 4.14. The van der Waals surface area contributed by atoms with E-state index in [1.807, 2.05) is 6.07 Å². The molecule has 6 nitrogen and oxygen atoms in total. The minimum Gasteiger partial charge on any atom is -0.351 e. The number of hydrogen-bond acceptors (Lipinski definition) is 5. The highest BCUT2D eigenvalue weighted by Crippen LogP contribution is 2.28. The second-order valence-electron chi connectivity index (χ2n) is 8.08. The predicted molar refractivity (Wildman–Crippen MR) is 134 cm³/mol. The summed E-state index contributed by atoms with van der Waals surface area (Å²) in [4.78, 5) is 34.3. The van der Waals surface area contributed by atoms with Crippen molar-refractivity contribution in [1.29, 1.82) is 0 Å². The van der Waals surface area contributed by atoms with Crippen LogP contribution >= 0.6 is 24.0 Å². The molecule has 0 atom stereocenters. The maximum Gasteiger partial charge on any atom is 0.264 e. The number of anilines is 1. The van der Waals surface area contributed by atoms with Crippen molar-refractivity contribution in [3.05, 3.63) is 82.0 Å². The molecule has 0 radical (unpaired) electrons. The predicted octanol–water partition coefficient (Wildman–Crippen LogP) is 5.59. The SMILES string of the molecule is Cl.O=C1CCC(Nc2ncc3cc(-c4ccccc4Cl)c(=O)n(-c4ccc(F)cc4)c3n2)CC1. The molecular weight excluding hydrogens is 478 g/mol. The van der Waals surface area contributed by atoms with Gasteiger partial charge in [-0.1, -0.05) is 29.8 Å². The Morgan fingerprint density at radius 1 is 1.00 bits per heavy atom. The Morgan fingerprint density at radius 3 is 2.41 bits per heavy atom. The number of ketones is 1. The Kier molecular flexibility index (Phi) is 6.95. The molecule has 1 saturated carbocycles. The summed E-state index contributed by atoms with van der Waals surface area (Å²) >= 11 is 6.38. The normalized spacial score (nSPS) is 14.1. The third-order valence-corrected chi connectivity index (χ3v) is 6.20. The summed E-state index contributed by atoms with van der Waals surface area (Å²) in [6.07, 6.45) is 4.16. The second kappa shape index (κ2) is 9.91. The first-order chi connectivity index (χ1) is 16.0. The van der Waals surface area contributed by atoms with Gasteiger partial charge in [-0.15, -0.1) is 12.4 Å². The van der Waals surface area contributed by atoms with E-state index in [9.17, 15) is 14.0 Å². The van der Waals surface area contributed by atoms with Gasteiger partial charge in [-0.05, 0) is 49.2 Å². The van der Waals surface area contributed by atoms with Crippen LogP contribution in [-0.2, 0) is 4.79 Å². The first-order valence-corrected chi connectivity index (χ1v) is 11.1. The largest absolute Gasteiger partial charge is 0.351 e. The van der Waals surface area contributed by atoms with Gasteiger partial charge in [-0.25, -0.2) is 9.37 Å². The van der Waals surface area contributed by atoms with Crippen LogP contribution in [0.15, 0.2) is 65.6 Å². The standard InChI is InChI=1S/C25H20ClFN4O2.ClH/c26-22-4-2-1-3-20(22)21-13-15-14-28-25(29-17-7-11-19(32)12-8-17)30-23(15)31(24(21)33)18-9-5-16(27)6-10-18;/h1-6,9-10,13-14,17H,7-8,11-12H2,(H,28,29,30);1H. The van der Waals surface area contributed by atoms with Crippen molar-refractivity contribution < 1.29 is 9.18 Å². The number of fused-ring (bicyclic) bond motifs is 1. The average Bonchev–Trinajstić information content (AvgIpc) is 2.82. The third kappa shape index (κ3) is 4.67. The number of pyridine rings is 1. The highest BCUT2D eigenvalue weighted by atomic mass is 35.5. The Bertz CT molecular complexity index is 1410. The van der Waals surface area contributed by atoms with Crippen molar-refractivity contribution in [3.63, 3.8) is 0 Å². The van der Waals surface area contributed by atoms with Gasteiger partial charge < -0.3 is 5.32 Å². The molecule has 0 spiro atoms. The molecule has 5 rings (SSSR count). The van der Waals surface area contributed by atoms with Crippen LogP contribution < -0.4 is 10.9 Å². The topological polar surface area (TPSA) is 76.9 Å². The van der Waals surface area contributed by atoms with Gasteiger partial charge in [0, 0.05) is 46.6 Å². The maximum absolute atomic E-state index is 13.7. The number of Topliss-reactive ketones (excluding diaryl/α,β-unsaturated/α-hetero) is 1. The van der Waals surface area contributed by atoms with Crippen molar-refractivity contribution in [1.82, 2.24) is 14.5 Å². The van der Waals surface area contributed by atoms with Crippen LogP contribution in [0.4, 0.5) is 10.3 Å². The lowest BCUT2D eigenvalue weighted by Gasteiger charge is -2.22. The van der Waals surface area contributed by atoms with E-state index in [-0.39, 0.29) is 29.8 Å². The summed E-state index contributed by atoms with van der Waals surface area (Å²) in [6.45, 7) is 0. The number of rotatable bonds is 4. The molecule has 4 aromatic rings. The van der Waals surface area contributed by atoms with Gasteiger partial charge >= 0.3 is 0 Å². The number of hydrogen-bond donors (Lipinski definition) is 1. The van der Waals surface area contributed by atoms with Crippen LogP contribution in [0, 0.1) is 5.82 Å². The van der Waals surface area contributed by atoms with Crippen LogP contribution in [0.3, 0.4) is 0 Å². The van der Waals surface area contributed by atoms with Crippen LogP contribution in [0.5, 0.6) is 0 Å². The molecule has 1 N–H and O–H groups in total. The summed E-state index contributed by atoms with van der Waals surface area (Å²) in [6, 6.07) is 14.6. The zero-order valence-corrected chi connectivity index (χ0v) is 19.6. The highest BCUT2D eigenvalue weighted by molar-refractivity contribution is 6.33. The Balaban J connectivity index is 0.00000274. The first-order valence-electron chi connectivity index (χ1n) is 10.7. The van der Waals surface area contributed by atoms with E-state index >= 15 is 0 Å². The van der Waals surface area contributed by atoms with Crippen LogP contribution in [-0.4, -0.2) is 26.4 Å². The summed E-state index contributed by atoms with van der Waals surface area (Å²) < 4.78 is 15.1. The van der Waals surface area contributed by atoms with Gasteiger partial charge in [0.1, 0.15) is 11.6 Å². The number of nitrogens with zero attached hydrogens (tertiary/aromatic N) is 3. The number of carbonyl (C=O) groups excluding carboxylic acids is 1. The van der Waals surface area contributed by atoms with Gasteiger partial charge in [0.25, 0.3) is 5.56 Å². The first kappa shape index (κ1) is 23.9. The van der Waals surface area contributed by atoms with Crippen molar-refractivity contribution >= 4 is 46.8 Å². The molecule has 174 valence electrons. The van der Waals surface area contributed by atoms with E-state index < -0.39 is 5.82 Å². The molecule has 0 amide bonds. The van der Waals surface area contributed by atoms with Crippen LogP contribution in [0.2, 0.25) is 5.02 Å². The van der Waals surface area contributed by atoms with Crippen molar-refractivity contribution in [2.45, 2.75) is 31.7 Å². The molecule has 0 aliphatic heterocycles. The van der Waals surface area contributed by atoms with Crippen molar-refractivity contribution in [2.75, 3.05) is 5.32 Å². The Hall–Kier alpha value is -3.29. The van der Waals surface area contributed by atoms with Crippen molar-refractivity contribution in [3.8, 4) is 16.8 Å². The van der Waals surface area contributed by atoms with E-state index in [1.54, 1.807) is 30.5 Å². The highest BCUT2D eigenvalue weighted by Gasteiger charge is 2.21. The monoisotopic (exact) mass is 498 g/mol. The van der Waals surface area contributed by atoms with Gasteiger partial charge in [0.15, 0.2) is 5.65 Å². The maximum atomic E-state index is 13.7. The lowest BCUT2D eigenvalue weighted by Crippen LogP contribution is -2.27.